The van der Waals surface area contributed by atoms with E-state index in [0.717, 1.165) is 0 Å². The second kappa shape index (κ2) is 20.1. The molecular weight excluding hydrogens is 300 g/mol. The van der Waals surface area contributed by atoms with Gasteiger partial charge < -0.3 is 14.4 Å². The Morgan fingerprint density at radius 3 is 0.708 bits per heavy atom. The Morgan fingerprint density at radius 1 is 0.542 bits per heavy atom. The Balaban J connectivity index is 0. The second-order valence-corrected chi connectivity index (χ2v) is 7.02. The fourth-order valence-electron chi connectivity index (χ4n) is 1.47. The fourth-order valence-corrected chi connectivity index (χ4v) is 1.47. The van der Waals surface area contributed by atoms with Crippen LogP contribution in [0.15, 0.2) is 0 Å². The highest BCUT2D eigenvalue weighted by atomic mass is 16.2. The second-order valence-electron chi connectivity index (χ2n) is 7.02. The third-order valence-electron chi connectivity index (χ3n) is 4.01. The van der Waals surface area contributed by atoms with Crippen LogP contribution in [0.2, 0.25) is 0 Å². The molecule has 3 fully saturated rings. The van der Waals surface area contributed by atoms with Crippen molar-refractivity contribution < 1.29 is 14.4 Å². The third kappa shape index (κ3) is 19.1. The Morgan fingerprint density at radius 2 is 0.667 bits per heavy atom. The van der Waals surface area contributed by atoms with Gasteiger partial charge in [0.25, 0.3) is 0 Å². The average molecular weight is 341 g/mol. The predicted octanol–water partition coefficient (Wildman–Crippen LogP) is 6.08. The maximum atomic E-state index is 9.83. The number of carbonyl (C=O) groups excluding carboxylic acids is 3. The third-order valence-corrected chi connectivity index (χ3v) is 4.01. The highest BCUT2D eigenvalue weighted by Gasteiger charge is 2.20. The maximum Gasteiger partial charge on any atom is 0.140 e. The highest BCUT2D eigenvalue weighted by Crippen LogP contribution is 2.15. The minimum Gasteiger partial charge on any atom is -0.302 e. The molecular formula is C21H40O3. The van der Waals surface area contributed by atoms with Gasteiger partial charge in [-0.05, 0) is 6.92 Å². The average Bonchev–Trinajstić information content (AvgIpc) is 3.03. The molecule has 0 N–H and O–H groups in total. The summed E-state index contributed by atoms with van der Waals surface area (Å²) < 4.78 is 0. The molecule has 24 heavy (non-hydrogen) atoms. The van der Waals surface area contributed by atoms with Crippen LogP contribution in [0.4, 0.5) is 0 Å². The lowest BCUT2D eigenvalue weighted by Gasteiger charge is -2.05. The van der Waals surface area contributed by atoms with Gasteiger partial charge in [-0.25, -0.2) is 0 Å². The highest BCUT2D eigenvalue weighted by molar-refractivity contribution is 6.01. The SMILES string of the molecule is C1CCC1.C1CCC1.C1CCCC1.CC(C=O)(C=O)C=O.CCC. The van der Waals surface area contributed by atoms with E-state index in [1.165, 1.54) is 96.8 Å². The fraction of sp³-hybridized carbons (Fsp3) is 0.857. The molecule has 0 saturated heterocycles. The summed E-state index contributed by atoms with van der Waals surface area (Å²) in [6.45, 7) is 5.50. The van der Waals surface area contributed by atoms with Crippen molar-refractivity contribution in [2.75, 3.05) is 0 Å². The van der Waals surface area contributed by atoms with Crippen LogP contribution < -0.4 is 0 Å². The van der Waals surface area contributed by atoms with Crippen LogP contribution in [0.3, 0.4) is 0 Å². The number of hydrogen-bond donors (Lipinski definition) is 0. The van der Waals surface area contributed by atoms with Gasteiger partial charge in [-0.2, -0.15) is 0 Å². The summed E-state index contributed by atoms with van der Waals surface area (Å²) in [5.41, 5.74) is -1.42. The van der Waals surface area contributed by atoms with Crippen LogP contribution in [0.1, 0.15) is 111 Å². The minimum atomic E-state index is -1.42. The Hall–Kier alpha value is -0.990. The topological polar surface area (TPSA) is 51.2 Å². The Bertz CT molecular complexity index is 229. The number of rotatable bonds is 3. The van der Waals surface area contributed by atoms with Gasteiger partial charge in [0.1, 0.15) is 24.3 Å². The molecule has 0 unspecified atom stereocenters. The molecule has 3 aliphatic carbocycles. The zero-order chi connectivity index (χ0) is 18.5. The van der Waals surface area contributed by atoms with E-state index in [1.54, 1.807) is 0 Å². The lowest BCUT2D eigenvalue weighted by atomic mass is 9.98. The smallest absolute Gasteiger partial charge is 0.140 e. The van der Waals surface area contributed by atoms with Crippen molar-refractivity contribution in [2.45, 2.75) is 111 Å². The standard InChI is InChI=1S/C5H6O3.C5H10.2C4H8.C3H8/c1-5(2-6,3-7)4-8;1-2-4-5-3-1;2*1-2-4-3-1;1-3-2/h2-4H,1H3;1-5H2;2*1-4H2;3H2,1-2H3. The Labute approximate surface area is 150 Å². The molecule has 0 amide bonds. The summed E-state index contributed by atoms with van der Waals surface area (Å²) in [6.07, 6.45) is 21.7. The molecule has 0 aromatic carbocycles. The predicted molar refractivity (Wildman–Crippen MR) is 102 cm³/mol. The molecule has 0 heterocycles. The van der Waals surface area contributed by atoms with Crippen LogP contribution in [-0.4, -0.2) is 18.9 Å². The number of carbonyl (C=O) groups is 3. The molecule has 0 spiro atoms. The van der Waals surface area contributed by atoms with E-state index < -0.39 is 5.41 Å². The van der Waals surface area contributed by atoms with Crippen LogP contribution in [0, 0.1) is 5.41 Å². The van der Waals surface area contributed by atoms with Gasteiger partial charge in [-0.3, -0.25) is 0 Å². The van der Waals surface area contributed by atoms with Crippen molar-refractivity contribution in [1.82, 2.24) is 0 Å². The summed E-state index contributed by atoms with van der Waals surface area (Å²) in [7, 11) is 0. The van der Waals surface area contributed by atoms with Crippen molar-refractivity contribution in [3.63, 3.8) is 0 Å². The van der Waals surface area contributed by atoms with E-state index in [-0.39, 0.29) is 0 Å². The minimum absolute atomic E-state index is 0.312. The number of aldehydes is 3. The zero-order valence-electron chi connectivity index (χ0n) is 16.4. The summed E-state index contributed by atoms with van der Waals surface area (Å²) in [5.74, 6) is 0. The van der Waals surface area contributed by atoms with Gasteiger partial charge in [0, 0.05) is 0 Å². The summed E-state index contributed by atoms with van der Waals surface area (Å²) in [4.78, 5) is 29.5. The molecule has 142 valence electrons. The van der Waals surface area contributed by atoms with Gasteiger partial charge in [-0.15, -0.1) is 0 Å². The largest absolute Gasteiger partial charge is 0.302 e. The van der Waals surface area contributed by atoms with Crippen molar-refractivity contribution in [1.29, 1.82) is 0 Å². The van der Waals surface area contributed by atoms with E-state index in [2.05, 4.69) is 13.8 Å². The maximum absolute atomic E-state index is 9.83. The van der Waals surface area contributed by atoms with Gasteiger partial charge in [0.15, 0.2) is 0 Å². The quantitative estimate of drug-likeness (QED) is 0.462. The first-order chi connectivity index (χ1) is 11.6. The molecule has 0 aromatic rings. The van der Waals surface area contributed by atoms with Crippen molar-refractivity contribution in [3.8, 4) is 0 Å². The lowest BCUT2D eigenvalue weighted by Crippen LogP contribution is -2.21. The van der Waals surface area contributed by atoms with E-state index in [4.69, 9.17) is 0 Å². The van der Waals surface area contributed by atoms with E-state index in [9.17, 15) is 14.4 Å². The first kappa shape index (κ1) is 25.3. The van der Waals surface area contributed by atoms with Gasteiger partial charge >= 0.3 is 0 Å². The van der Waals surface area contributed by atoms with Crippen LogP contribution >= 0.6 is 0 Å². The van der Waals surface area contributed by atoms with Crippen molar-refractivity contribution in [2.24, 2.45) is 5.41 Å². The molecule has 0 radical (unpaired) electrons. The van der Waals surface area contributed by atoms with E-state index >= 15 is 0 Å². The lowest BCUT2D eigenvalue weighted by molar-refractivity contribution is -0.131. The van der Waals surface area contributed by atoms with Gasteiger partial charge in [0.2, 0.25) is 0 Å². The van der Waals surface area contributed by atoms with Crippen LogP contribution in [-0.2, 0) is 14.4 Å². The Kier molecular flexibility index (Phi) is 21.1. The molecule has 3 aliphatic rings. The van der Waals surface area contributed by atoms with Crippen LogP contribution in [0.5, 0.6) is 0 Å². The van der Waals surface area contributed by atoms with E-state index in [1.807, 2.05) is 0 Å². The summed E-state index contributed by atoms with van der Waals surface area (Å²) >= 11 is 0. The molecule has 0 aromatic heterocycles. The molecule has 0 bridgehead atoms. The van der Waals surface area contributed by atoms with Crippen molar-refractivity contribution >= 4 is 18.9 Å². The first-order valence-electron chi connectivity index (χ1n) is 9.99. The molecule has 0 atom stereocenters. The molecule has 3 nitrogen and oxygen atoms in total. The van der Waals surface area contributed by atoms with Crippen LogP contribution in [0.25, 0.3) is 0 Å². The molecule has 3 saturated carbocycles. The molecule has 3 rings (SSSR count). The first-order valence-corrected chi connectivity index (χ1v) is 9.99. The van der Waals surface area contributed by atoms with Crippen molar-refractivity contribution in [3.05, 3.63) is 0 Å². The molecule has 0 aliphatic heterocycles. The summed E-state index contributed by atoms with van der Waals surface area (Å²) in [5, 5.41) is 0. The monoisotopic (exact) mass is 340 g/mol. The van der Waals surface area contributed by atoms with E-state index in [0.29, 0.717) is 18.9 Å². The number of hydrogen-bond acceptors (Lipinski definition) is 3. The van der Waals surface area contributed by atoms with Gasteiger partial charge in [-0.1, -0.05) is 104 Å². The zero-order valence-corrected chi connectivity index (χ0v) is 16.4. The summed E-state index contributed by atoms with van der Waals surface area (Å²) in [6, 6.07) is 0. The van der Waals surface area contributed by atoms with Gasteiger partial charge in [0.05, 0.1) is 0 Å². The normalized spacial score (nSPS) is 17.1. The molecule has 3 heteroatoms.